The van der Waals surface area contributed by atoms with Gasteiger partial charge in [0.1, 0.15) is 0 Å². The van der Waals surface area contributed by atoms with E-state index < -0.39 is 0 Å². The zero-order chi connectivity index (χ0) is 11.6. The van der Waals surface area contributed by atoms with Crippen molar-refractivity contribution in [1.82, 2.24) is 0 Å². The Hall–Kier alpha value is -0.580. The smallest absolute Gasteiger partial charge is 0.337 e. The number of halogens is 1. The van der Waals surface area contributed by atoms with Crippen LogP contribution in [0.5, 0.6) is 0 Å². The quantitative estimate of drug-likeness (QED) is 0.586. The Kier molecular flexibility index (Phi) is 3.76. The van der Waals surface area contributed by atoms with Crippen molar-refractivity contribution in [1.29, 1.82) is 0 Å². The minimum Gasteiger partial charge on any atom is -0.465 e. The number of carbonyl (C=O) groups is 1. The van der Waals surface area contributed by atoms with Crippen LogP contribution < -0.4 is 0 Å². The molecule has 0 saturated heterocycles. The molecule has 0 aliphatic rings. The van der Waals surface area contributed by atoms with Crippen LogP contribution >= 0.6 is 22.6 Å². The predicted octanol–water partition coefficient (Wildman–Crippen LogP) is 3.38. The van der Waals surface area contributed by atoms with E-state index in [1.165, 1.54) is 12.7 Å². The lowest BCUT2D eigenvalue weighted by Gasteiger charge is -2.21. The van der Waals surface area contributed by atoms with E-state index in [1.807, 2.05) is 18.2 Å². The molecule has 0 radical (unpaired) electrons. The molecule has 0 bridgehead atoms. The number of ether oxygens (including phenoxy) is 1. The summed E-state index contributed by atoms with van der Waals surface area (Å²) >= 11 is 2.25. The number of hydrogen-bond acceptors (Lipinski definition) is 2. The third-order valence-electron chi connectivity index (χ3n) is 2.20. The number of esters is 1. The molecule has 15 heavy (non-hydrogen) atoms. The van der Waals surface area contributed by atoms with Gasteiger partial charge in [-0.2, -0.15) is 0 Å². The first kappa shape index (κ1) is 12.5. The average molecular weight is 318 g/mol. The first-order valence-electron chi connectivity index (χ1n) is 4.74. The van der Waals surface area contributed by atoms with Gasteiger partial charge in [0, 0.05) is 3.57 Å². The van der Waals surface area contributed by atoms with Crippen LogP contribution in [0.15, 0.2) is 18.2 Å². The summed E-state index contributed by atoms with van der Waals surface area (Å²) in [4.78, 5) is 11.3. The lowest BCUT2D eigenvalue weighted by molar-refractivity contribution is 0.0600. The topological polar surface area (TPSA) is 26.3 Å². The molecule has 1 aromatic rings. The second-order valence-electron chi connectivity index (χ2n) is 4.44. The van der Waals surface area contributed by atoms with Crippen molar-refractivity contribution in [3.05, 3.63) is 32.9 Å². The molecular weight excluding hydrogens is 303 g/mol. The summed E-state index contributed by atoms with van der Waals surface area (Å²) in [6.45, 7) is 6.47. The van der Waals surface area contributed by atoms with Gasteiger partial charge < -0.3 is 4.74 Å². The van der Waals surface area contributed by atoms with Crippen molar-refractivity contribution in [2.24, 2.45) is 0 Å². The Morgan fingerprint density at radius 2 is 1.93 bits per heavy atom. The van der Waals surface area contributed by atoms with E-state index in [4.69, 9.17) is 0 Å². The van der Waals surface area contributed by atoms with E-state index in [-0.39, 0.29) is 11.4 Å². The molecule has 1 aromatic carbocycles. The summed E-state index contributed by atoms with van der Waals surface area (Å²) in [5.41, 5.74) is 1.95. The maximum absolute atomic E-state index is 11.3. The minimum absolute atomic E-state index is 0.102. The van der Waals surface area contributed by atoms with Crippen molar-refractivity contribution in [3.8, 4) is 0 Å². The summed E-state index contributed by atoms with van der Waals surface area (Å²) in [5.74, 6) is -0.284. The molecule has 2 nitrogen and oxygen atoms in total. The van der Waals surface area contributed by atoms with E-state index >= 15 is 0 Å². The number of carbonyl (C=O) groups excluding carboxylic acids is 1. The molecule has 0 unspecified atom stereocenters. The monoisotopic (exact) mass is 318 g/mol. The lowest BCUT2D eigenvalue weighted by Crippen LogP contribution is -2.14. The number of hydrogen-bond donors (Lipinski definition) is 0. The Bertz CT molecular complexity index is 378. The standard InChI is InChI=1S/C12H15IO2/c1-12(2,3)9-6-5-8(7-10(9)13)11(14)15-4/h5-7H,1-4H3. The molecule has 1 rings (SSSR count). The zero-order valence-corrected chi connectivity index (χ0v) is 11.6. The highest BCUT2D eigenvalue weighted by molar-refractivity contribution is 14.1. The predicted molar refractivity (Wildman–Crippen MR) is 69.2 cm³/mol. The largest absolute Gasteiger partial charge is 0.465 e. The molecule has 0 saturated carbocycles. The molecule has 0 aliphatic carbocycles. The van der Waals surface area contributed by atoms with Gasteiger partial charge in [-0.05, 0) is 45.7 Å². The summed E-state index contributed by atoms with van der Waals surface area (Å²) in [6.07, 6.45) is 0. The first-order chi connectivity index (χ1) is 6.86. The highest BCUT2D eigenvalue weighted by atomic mass is 127. The highest BCUT2D eigenvalue weighted by Gasteiger charge is 2.18. The van der Waals surface area contributed by atoms with Crippen molar-refractivity contribution in [3.63, 3.8) is 0 Å². The summed E-state index contributed by atoms with van der Waals surface area (Å²) in [6, 6.07) is 5.68. The third-order valence-corrected chi connectivity index (χ3v) is 3.09. The normalized spacial score (nSPS) is 11.3. The molecule has 3 heteroatoms. The van der Waals surface area contributed by atoms with Crippen LogP contribution in [0.2, 0.25) is 0 Å². The van der Waals surface area contributed by atoms with Crippen LogP contribution in [-0.2, 0) is 10.2 Å². The van der Waals surface area contributed by atoms with Crippen LogP contribution in [-0.4, -0.2) is 13.1 Å². The van der Waals surface area contributed by atoms with Crippen molar-refractivity contribution in [2.75, 3.05) is 7.11 Å². The summed E-state index contributed by atoms with van der Waals surface area (Å²) < 4.78 is 5.77. The Labute approximate surface area is 104 Å². The van der Waals surface area contributed by atoms with Gasteiger partial charge in [-0.3, -0.25) is 0 Å². The summed E-state index contributed by atoms with van der Waals surface area (Å²) in [7, 11) is 1.40. The van der Waals surface area contributed by atoms with Gasteiger partial charge in [-0.25, -0.2) is 4.79 Å². The maximum atomic E-state index is 11.3. The minimum atomic E-state index is -0.284. The van der Waals surface area contributed by atoms with Crippen LogP contribution in [0.3, 0.4) is 0 Å². The van der Waals surface area contributed by atoms with Crippen LogP contribution in [0.4, 0.5) is 0 Å². The molecule has 0 aliphatic heterocycles. The maximum Gasteiger partial charge on any atom is 0.337 e. The SMILES string of the molecule is COC(=O)c1ccc(C(C)(C)C)c(I)c1. The number of benzene rings is 1. The van der Waals surface area contributed by atoms with Crippen LogP contribution in [0.1, 0.15) is 36.7 Å². The van der Waals surface area contributed by atoms with Crippen molar-refractivity contribution in [2.45, 2.75) is 26.2 Å². The highest BCUT2D eigenvalue weighted by Crippen LogP contribution is 2.27. The first-order valence-corrected chi connectivity index (χ1v) is 5.82. The van der Waals surface area contributed by atoms with Gasteiger partial charge in [-0.15, -0.1) is 0 Å². The molecular formula is C12H15IO2. The second-order valence-corrected chi connectivity index (χ2v) is 5.60. The Morgan fingerprint density at radius 3 is 2.33 bits per heavy atom. The lowest BCUT2D eigenvalue weighted by atomic mass is 9.87. The van der Waals surface area contributed by atoms with E-state index in [1.54, 1.807) is 0 Å². The van der Waals surface area contributed by atoms with Gasteiger partial charge in [-0.1, -0.05) is 26.8 Å². The molecule has 0 atom stereocenters. The van der Waals surface area contributed by atoms with E-state index in [0.717, 1.165) is 3.57 Å². The van der Waals surface area contributed by atoms with E-state index in [2.05, 4.69) is 48.1 Å². The molecule has 0 spiro atoms. The second kappa shape index (κ2) is 4.51. The fourth-order valence-corrected chi connectivity index (χ4v) is 2.69. The van der Waals surface area contributed by atoms with Gasteiger partial charge in [0.05, 0.1) is 12.7 Å². The zero-order valence-electron chi connectivity index (χ0n) is 9.43. The van der Waals surface area contributed by atoms with Gasteiger partial charge >= 0.3 is 5.97 Å². The van der Waals surface area contributed by atoms with E-state index in [0.29, 0.717) is 5.56 Å². The molecule has 0 fully saturated rings. The third kappa shape index (κ3) is 2.93. The number of rotatable bonds is 1. The molecule has 0 N–H and O–H groups in total. The van der Waals surface area contributed by atoms with Gasteiger partial charge in [0.15, 0.2) is 0 Å². The van der Waals surface area contributed by atoms with Crippen LogP contribution in [0.25, 0.3) is 0 Å². The van der Waals surface area contributed by atoms with Crippen LogP contribution in [0, 0.1) is 3.57 Å². The van der Waals surface area contributed by atoms with Crippen molar-refractivity contribution >= 4 is 28.6 Å². The fourth-order valence-electron chi connectivity index (χ4n) is 1.37. The fraction of sp³-hybridized carbons (Fsp3) is 0.417. The average Bonchev–Trinajstić information content (AvgIpc) is 2.14. The van der Waals surface area contributed by atoms with Crippen molar-refractivity contribution < 1.29 is 9.53 Å². The van der Waals surface area contributed by atoms with Gasteiger partial charge in [0.2, 0.25) is 0 Å². The molecule has 0 amide bonds. The van der Waals surface area contributed by atoms with Gasteiger partial charge in [0.25, 0.3) is 0 Å². The van der Waals surface area contributed by atoms with E-state index in [9.17, 15) is 4.79 Å². The molecule has 0 heterocycles. The molecule has 0 aromatic heterocycles. The summed E-state index contributed by atoms with van der Waals surface area (Å²) in [5, 5.41) is 0. The number of methoxy groups -OCH3 is 1. The molecule has 82 valence electrons. The Balaban J connectivity index is 3.15. The Morgan fingerprint density at radius 1 is 1.33 bits per heavy atom.